The second-order valence-corrected chi connectivity index (χ2v) is 8.29. The van der Waals surface area contributed by atoms with E-state index in [2.05, 4.69) is 38.0 Å². The van der Waals surface area contributed by atoms with Crippen molar-refractivity contribution in [3.63, 3.8) is 0 Å². The summed E-state index contributed by atoms with van der Waals surface area (Å²) in [7, 11) is 3.48. The minimum absolute atomic E-state index is 0. The molecular weight excluding hydrogens is 539 g/mol. The van der Waals surface area contributed by atoms with E-state index in [-0.39, 0.29) is 24.0 Å². The van der Waals surface area contributed by atoms with Gasteiger partial charge in [-0.25, -0.2) is 0 Å². The van der Waals surface area contributed by atoms with Crippen LogP contribution in [0.25, 0.3) is 0 Å². The van der Waals surface area contributed by atoms with Gasteiger partial charge in [0.15, 0.2) is 5.96 Å². The highest BCUT2D eigenvalue weighted by molar-refractivity contribution is 14.0. The fourth-order valence-corrected chi connectivity index (χ4v) is 4.35. The highest BCUT2D eigenvalue weighted by Gasteiger charge is 2.23. The standard InChI is InChI=1S/C23H34N4O3S.HI/c1-24-23(25-10-4-13-30-18-19-6-8-20(28-2)9-7-19)26-17-21(22-5-3-16-31-22)27-11-14-29-15-12-27;/h3,5-9,16,21H,4,10-15,17-18H2,1-2H3,(H2,24,25,26);1H. The third-order valence-corrected chi connectivity index (χ3v) is 6.20. The van der Waals surface area contributed by atoms with E-state index in [1.807, 2.05) is 31.3 Å². The number of guanidine groups is 1. The van der Waals surface area contributed by atoms with E-state index in [1.54, 1.807) is 18.4 Å². The molecule has 178 valence electrons. The SMILES string of the molecule is CN=C(NCCCOCc1ccc(OC)cc1)NCC(c1cccs1)N1CCOCC1.I. The monoisotopic (exact) mass is 574 g/mol. The molecule has 0 radical (unpaired) electrons. The summed E-state index contributed by atoms with van der Waals surface area (Å²) in [5.41, 5.74) is 1.15. The molecule has 1 fully saturated rings. The van der Waals surface area contributed by atoms with Gasteiger partial charge in [0, 0.05) is 44.7 Å². The molecule has 0 spiro atoms. The average Bonchev–Trinajstić information content (AvgIpc) is 3.35. The Balaban J connectivity index is 0.00000363. The van der Waals surface area contributed by atoms with Gasteiger partial charge in [-0.05, 0) is 35.6 Å². The first-order valence-electron chi connectivity index (χ1n) is 10.8. The van der Waals surface area contributed by atoms with Crippen LogP contribution in [0, 0.1) is 0 Å². The molecule has 2 N–H and O–H groups in total. The van der Waals surface area contributed by atoms with Gasteiger partial charge in [-0.2, -0.15) is 0 Å². The first-order chi connectivity index (χ1) is 15.3. The Morgan fingerprint density at radius 2 is 1.97 bits per heavy atom. The maximum absolute atomic E-state index is 5.78. The van der Waals surface area contributed by atoms with Gasteiger partial charge in [0.2, 0.25) is 0 Å². The van der Waals surface area contributed by atoms with Crippen molar-refractivity contribution in [2.45, 2.75) is 19.1 Å². The maximum Gasteiger partial charge on any atom is 0.191 e. The normalized spacial score (nSPS) is 15.6. The van der Waals surface area contributed by atoms with Crippen molar-refractivity contribution < 1.29 is 14.2 Å². The second kappa shape index (κ2) is 15.4. The lowest BCUT2D eigenvalue weighted by Crippen LogP contribution is -2.46. The molecule has 2 heterocycles. The largest absolute Gasteiger partial charge is 0.497 e. The third kappa shape index (κ3) is 8.86. The molecule has 1 aliphatic rings. The molecule has 1 aromatic heterocycles. The molecule has 32 heavy (non-hydrogen) atoms. The molecule has 1 aromatic carbocycles. The average molecular weight is 575 g/mol. The second-order valence-electron chi connectivity index (χ2n) is 7.31. The number of thiophene rings is 1. The number of hydrogen-bond donors (Lipinski definition) is 2. The number of methoxy groups -OCH3 is 1. The van der Waals surface area contributed by atoms with Crippen LogP contribution in [0.3, 0.4) is 0 Å². The zero-order chi connectivity index (χ0) is 21.7. The topological polar surface area (TPSA) is 67.4 Å². The highest BCUT2D eigenvalue weighted by Crippen LogP contribution is 2.25. The van der Waals surface area contributed by atoms with Crippen LogP contribution in [0.5, 0.6) is 5.75 Å². The predicted molar refractivity (Wildman–Crippen MR) is 141 cm³/mol. The first-order valence-corrected chi connectivity index (χ1v) is 11.7. The van der Waals surface area contributed by atoms with Crippen LogP contribution in [-0.2, 0) is 16.1 Å². The van der Waals surface area contributed by atoms with E-state index < -0.39 is 0 Å². The number of nitrogens with zero attached hydrogens (tertiary/aromatic N) is 2. The first kappa shape index (κ1) is 26.8. The third-order valence-electron chi connectivity index (χ3n) is 5.23. The van der Waals surface area contributed by atoms with Crippen LogP contribution in [-0.4, -0.2) is 71.0 Å². The number of hydrogen-bond acceptors (Lipinski definition) is 6. The summed E-state index contributed by atoms with van der Waals surface area (Å²) in [6.07, 6.45) is 0.911. The summed E-state index contributed by atoms with van der Waals surface area (Å²) < 4.78 is 16.5. The van der Waals surface area contributed by atoms with Crippen molar-refractivity contribution in [1.29, 1.82) is 0 Å². The molecule has 1 aliphatic heterocycles. The van der Waals surface area contributed by atoms with Crippen LogP contribution in [0.1, 0.15) is 22.9 Å². The molecule has 2 aromatic rings. The van der Waals surface area contributed by atoms with Gasteiger partial charge in [0.05, 0.1) is 33.0 Å². The van der Waals surface area contributed by atoms with E-state index in [9.17, 15) is 0 Å². The lowest BCUT2D eigenvalue weighted by atomic mass is 10.2. The van der Waals surface area contributed by atoms with Gasteiger partial charge < -0.3 is 24.8 Å². The van der Waals surface area contributed by atoms with Crippen LogP contribution in [0.15, 0.2) is 46.8 Å². The van der Waals surface area contributed by atoms with Crippen LogP contribution >= 0.6 is 35.3 Å². The predicted octanol–water partition coefficient (Wildman–Crippen LogP) is 3.52. The maximum atomic E-state index is 5.78. The van der Waals surface area contributed by atoms with E-state index >= 15 is 0 Å². The molecule has 0 aliphatic carbocycles. The van der Waals surface area contributed by atoms with E-state index in [0.29, 0.717) is 19.3 Å². The quantitative estimate of drug-likeness (QED) is 0.185. The fraction of sp³-hybridized carbons (Fsp3) is 0.522. The van der Waals surface area contributed by atoms with E-state index in [4.69, 9.17) is 14.2 Å². The van der Waals surface area contributed by atoms with Crippen molar-refractivity contribution in [1.82, 2.24) is 15.5 Å². The Kier molecular flexibility index (Phi) is 13.0. The Hall–Kier alpha value is -1.40. The molecule has 0 bridgehead atoms. The number of halogens is 1. The molecule has 1 saturated heterocycles. The lowest BCUT2D eigenvalue weighted by molar-refractivity contribution is 0.0177. The van der Waals surface area contributed by atoms with Gasteiger partial charge in [0.25, 0.3) is 0 Å². The molecule has 1 unspecified atom stereocenters. The summed E-state index contributed by atoms with van der Waals surface area (Å²) in [6.45, 7) is 6.44. The van der Waals surface area contributed by atoms with Gasteiger partial charge in [-0.3, -0.25) is 9.89 Å². The summed E-state index contributed by atoms with van der Waals surface area (Å²) >= 11 is 1.80. The Labute approximate surface area is 212 Å². The Morgan fingerprint density at radius 1 is 1.19 bits per heavy atom. The van der Waals surface area contributed by atoms with Gasteiger partial charge in [-0.1, -0.05) is 18.2 Å². The van der Waals surface area contributed by atoms with Crippen molar-refractivity contribution in [3.8, 4) is 5.75 Å². The highest BCUT2D eigenvalue weighted by atomic mass is 127. The number of nitrogens with one attached hydrogen (secondary N) is 2. The molecule has 7 nitrogen and oxygen atoms in total. The van der Waals surface area contributed by atoms with Gasteiger partial charge >= 0.3 is 0 Å². The lowest BCUT2D eigenvalue weighted by Gasteiger charge is -2.34. The molecule has 3 rings (SSSR count). The zero-order valence-electron chi connectivity index (χ0n) is 18.9. The minimum atomic E-state index is 0. The zero-order valence-corrected chi connectivity index (χ0v) is 22.1. The van der Waals surface area contributed by atoms with Crippen molar-refractivity contribution in [3.05, 3.63) is 52.2 Å². The summed E-state index contributed by atoms with van der Waals surface area (Å²) in [6, 6.07) is 12.6. The number of ether oxygens (including phenoxy) is 3. The summed E-state index contributed by atoms with van der Waals surface area (Å²) in [5.74, 6) is 1.69. The number of aliphatic imine (C=N–C) groups is 1. The van der Waals surface area contributed by atoms with Gasteiger partial charge in [0.1, 0.15) is 5.75 Å². The Morgan fingerprint density at radius 3 is 2.62 bits per heavy atom. The van der Waals surface area contributed by atoms with Gasteiger partial charge in [-0.15, -0.1) is 35.3 Å². The van der Waals surface area contributed by atoms with Crippen LogP contribution < -0.4 is 15.4 Å². The van der Waals surface area contributed by atoms with Crippen molar-refractivity contribution in [2.75, 3.05) is 60.2 Å². The number of rotatable bonds is 11. The van der Waals surface area contributed by atoms with E-state index in [0.717, 1.165) is 63.1 Å². The molecule has 9 heteroatoms. The number of morpholine rings is 1. The summed E-state index contributed by atoms with van der Waals surface area (Å²) in [4.78, 5) is 8.23. The van der Waals surface area contributed by atoms with E-state index in [1.165, 1.54) is 4.88 Å². The van der Waals surface area contributed by atoms with Crippen molar-refractivity contribution in [2.24, 2.45) is 4.99 Å². The van der Waals surface area contributed by atoms with Crippen molar-refractivity contribution >= 4 is 41.3 Å². The minimum Gasteiger partial charge on any atom is -0.497 e. The number of benzene rings is 1. The smallest absolute Gasteiger partial charge is 0.191 e. The fourth-order valence-electron chi connectivity index (χ4n) is 3.49. The Bertz CT molecular complexity index is 768. The van der Waals surface area contributed by atoms with Crippen LogP contribution in [0.4, 0.5) is 0 Å². The molecular formula is C23H35IN4O3S. The molecule has 0 amide bonds. The summed E-state index contributed by atoms with van der Waals surface area (Å²) in [5, 5.41) is 9.02. The molecule has 1 atom stereocenters. The molecule has 0 saturated carbocycles. The van der Waals surface area contributed by atoms with Crippen LogP contribution in [0.2, 0.25) is 0 Å².